The molecule has 11 heteroatoms. The molecule has 0 aliphatic heterocycles. The van der Waals surface area contributed by atoms with Crippen molar-refractivity contribution in [2.75, 3.05) is 18.2 Å². The van der Waals surface area contributed by atoms with E-state index < -0.39 is 34.0 Å². The molecule has 4 atom stereocenters. The number of aliphatic hydroxyl groups excluding tert-OH is 3. The van der Waals surface area contributed by atoms with Gasteiger partial charge >= 0.3 is 0 Å². The largest absolute Gasteiger partial charge is 0.396 e. The molecule has 0 saturated heterocycles. The van der Waals surface area contributed by atoms with Crippen LogP contribution < -0.4 is 5.32 Å². The van der Waals surface area contributed by atoms with Gasteiger partial charge in [0.05, 0.1) is 33.6 Å². The van der Waals surface area contributed by atoms with Crippen LogP contribution in [0, 0.1) is 12.8 Å². The Balaban J connectivity index is 1.83. The van der Waals surface area contributed by atoms with Crippen molar-refractivity contribution in [2.24, 2.45) is 5.92 Å². The summed E-state index contributed by atoms with van der Waals surface area (Å²) in [5.41, 5.74) is 1.77. The van der Waals surface area contributed by atoms with Crippen LogP contribution in [-0.4, -0.2) is 69.8 Å². The first-order valence-corrected chi connectivity index (χ1v) is 12.1. The lowest BCUT2D eigenvalue weighted by molar-refractivity contribution is 0.00445. The molecule has 4 rings (SSSR count). The number of aryl methyl sites for hydroxylation is 1. The first kappa shape index (κ1) is 21.1. The molecule has 1 aromatic carbocycles. The minimum atomic E-state index is -3.68. The summed E-state index contributed by atoms with van der Waals surface area (Å²) in [5, 5.41) is 33.3. The highest BCUT2D eigenvalue weighted by Gasteiger charge is 2.41. The van der Waals surface area contributed by atoms with E-state index in [-0.39, 0.29) is 17.6 Å². The summed E-state index contributed by atoms with van der Waals surface area (Å²) in [6.45, 7) is 1.41. The van der Waals surface area contributed by atoms with Crippen molar-refractivity contribution in [3.63, 3.8) is 0 Å². The van der Waals surface area contributed by atoms with Gasteiger partial charge in [0.2, 0.25) is 15.0 Å². The van der Waals surface area contributed by atoms with Gasteiger partial charge in [0.1, 0.15) is 16.9 Å². The van der Waals surface area contributed by atoms with Crippen LogP contribution in [0.2, 0.25) is 0 Å². The van der Waals surface area contributed by atoms with Gasteiger partial charge in [-0.25, -0.2) is 23.4 Å². The van der Waals surface area contributed by atoms with Crippen molar-refractivity contribution >= 4 is 37.2 Å². The quantitative estimate of drug-likeness (QED) is 0.418. The Bertz CT molecular complexity index is 1160. The number of rotatable bonds is 5. The smallest absolute Gasteiger partial charge is 0.249 e. The summed E-state index contributed by atoms with van der Waals surface area (Å²) in [6.07, 6.45) is -0.896. The molecule has 1 aliphatic rings. The number of hydrogen-bond acceptors (Lipinski definition) is 10. The normalized spacial score (nSPS) is 24.4. The Morgan fingerprint density at radius 2 is 1.90 bits per heavy atom. The van der Waals surface area contributed by atoms with Crippen LogP contribution in [-0.2, 0) is 9.84 Å². The molecule has 0 bridgehead atoms. The number of nitrogens with zero attached hydrogens (tertiary/aromatic N) is 3. The van der Waals surface area contributed by atoms with Gasteiger partial charge in [-0.05, 0) is 25.5 Å². The van der Waals surface area contributed by atoms with Crippen molar-refractivity contribution in [3.8, 4) is 10.6 Å². The third-order valence-electron chi connectivity index (χ3n) is 5.27. The molecule has 1 saturated carbocycles. The summed E-state index contributed by atoms with van der Waals surface area (Å²) < 4.78 is 25.1. The van der Waals surface area contributed by atoms with E-state index in [2.05, 4.69) is 20.3 Å². The van der Waals surface area contributed by atoms with E-state index in [9.17, 15) is 23.7 Å². The summed E-state index contributed by atoms with van der Waals surface area (Å²) in [5.74, 6) is -0.266. The number of nitrogens with one attached hydrogen (secondary N) is 1. The number of sulfone groups is 1. The van der Waals surface area contributed by atoms with Crippen molar-refractivity contribution in [2.45, 2.75) is 36.8 Å². The Kier molecular flexibility index (Phi) is 5.49. The van der Waals surface area contributed by atoms with E-state index in [1.165, 1.54) is 11.3 Å². The van der Waals surface area contributed by atoms with Gasteiger partial charge in [-0.15, -0.1) is 11.3 Å². The molecule has 30 heavy (non-hydrogen) atoms. The van der Waals surface area contributed by atoms with Crippen molar-refractivity contribution in [1.82, 2.24) is 15.0 Å². The highest BCUT2D eigenvalue weighted by atomic mass is 32.2. The first-order valence-electron chi connectivity index (χ1n) is 9.37. The lowest BCUT2D eigenvalue weighted by Gasteiger charge is -2.21. The monoisotopic (exact) mass is 450 g/mol. The number of hydrogen-bond donors (Lipinski definition) is 4. The van der Waals surface area contributed by atoms with Crippen LogP contribution in [0.4, 0.5) is 5.82 Å². The second kappa shape index (κ2) is 7.82. The molecule has 0 radical (unpaired) electrons. The molecule has 2 aromatic heterocycles. The molecule has 9 nitrogen and oxygen atoms in total. The predicted molar refractivity (Wildman–Crippen MR) is 113 cm³/mol. The summed E-state index contributed by atoms with van der Waals surface area (Å²) in [7, 11) is -3.68. The standard InChI is InChI=1S/C19H22N4O5S2/c1-9-14(18-22-11-5-3-4-6-13(11)29-18)17(23-19(20-9)30(2,27)28)21-12-7-10(8-24)15(25)16(12)26/h3-6,10,12,15-16,24-26H,7-8H2,1-2H3,(H,20,21,23). The third kappa shape index (κ3) is 3.79. The minimum Gasteiger partial charge on any atom is -0.396 e. The summed E-state index contributed by atoms with van der Waals surface area (Å²) in [6, 6.07) is 6.99. The maximum atomic E-state index is 12.1. The van der Waals surface area contributed by atoms with Crippen LogP contribution in [0.25, 0.3) is 20.8 Å². The lowest BCUT2D eigenvalue weighted by atomic mass is 10.1. The molecule has 0 spiro atoms. The number of thiazole rings is 1. The van der Waals surface area contributed by atoms with Crippen LogP contribution >= 0.6 is 11.3 Å². The zero-order valence-corrected chi connectivity index (χ0v) is 18.0. The fourth-order valence-electron chi connectivity index (χ4n) is 3.68. The van der Waals surface area contributed by atoms with Gasteiger partial charge in [0.25, 0.3) is 0 Å². The maximum absolute atomic E-state index is 12.1. The molecule has 160 valence electrons. The highest BCUT2D eigenvalue weighted by Crippen LogP contribution is 2.37. The Morgan fingerprint density at radius 3 is 2.53 bits per heavy atom. The number of aromatic nitrogens is 3. The van der Waals surface area contributed by atoms with E-state index in [1.807, 2.05) is 24.3 Å². The molecule has 4 N–H and O–H groups in total. The van der Waals surface area contributed by atoms with E-state index in [1.54, 1.807) is 6.92 Å². The lowest BCUT2D eigenvalue weighted by Crippen LogP contribution is -2.36. The van der Waals surface area contributed by atoms with E-state index in [0.29, 0.717) is 22.7 Å². The molecule has 4 unspecified atom stereocenters. The van der Waals surface area contributed by atoms with Gasteiger partial charge in [0, 0.05) is 18.8 Å². The molecule has 3 aromatic rings. The summed E-state index contributed by atoms with van der Waals surface area (Å²) >= 11 is 1.42. The van der Waals surface area contributed by atoms with E-state index >= 15 is 0 Å². The van der Waals surface area contributed by atoms with Gasteiger partial charge in [-0.2, -0.15) is 0 Å². The van der Waals surface area contributed by atoms with Crippen molar-refractivity contribution < 1.29 is 23.7 Å². The van der Waals surface area contributed by atoms with Gasteiger partial charge in [0.15, 0.2) is 0 Å². The molecule has 1 fully saturated rings. The number of anilines is 1. The number of benzene rings is 1. The average Bonchev–Trinajstić information content (AvgIpc) is 3.23. The van der Waals surface area contributed by atoms with Gasteiger partial charge < -0.3 is 20.6 Å². The maximum Gasteiger partial charge on any atom is 0.249 e. The molecular formula is C19H22N4O5S2. The topological polar surface area (TPSA) is 146 Å². The van der Waals surface area contributed by atoms with Crippen LogP contribution in [0.5, 0.6) is 0 Å². The van der Waals surface area contributed by atoms with Gasteiger partial charge in [-0.1, -0.05) is 12.1 Å². The van der Waals surface area contributed by atoms with Crippen molar-refractivity contribution in [1.29, 1.82) is 0 Å². The minimum absolute atomic E-state index is 0.219. The summed E-state index contributed by atoms with van der Waals surface area (Å²) in [4.78, 5) is 13.0. The fraction of sp³-hybridized carbons (Fsp3) is 0.421. The highest BCUT2D eigenvalue weighted by molar-refractivity contribution is 7.90. The van der Waals surface area contributed by atoms with Crippen LogP contribution in [0.3, 0.4) is 0 Å². The molecular weight excluding hydrogens is 428 g/mol. The number of aliphatic hydroxyl groups is 3. The second-order valence-electron chi connectivity index (χ2n) is 7.48. The molecule has 2 heterocycles. The average molecular weight is 451 g/mol. The zero-order chi connectivity index (χ0) is 21.6. The number of fused-ring (bicyclic) bond motifs is 1. The van der Waals surface area contributed by atoms with Gasteiger partial charge in [-0.3, -0.25) is 0 Å². The SMILES string of the molecule is Cc1nc(S(C)(=O)=O)nc(NC2CC(CO)C(O)C2O)c1-c1nc2ccccc2s1. The molecule has 0 amide bonds. The Hall–Kier alpha value is -2.18. The zero-order valence-electron chi connectivity index (χ0n) is 16.3. The van der Waals surface area contributed by atoms with E-state index in [0.717, 1.165) is 16.5 Å². The van der Waals surface area contributed by atoms with Crippen molar-refractivity contribution in [3.05, 3.63) is 30.0 Å². The van der Waals surface area contributed by atoms with Crippen LogP contribution in [0.15, 0.2) is 29.4 Å². The Morgan fingerprint density at radius 1 is 1.17 bits per heavy atom. The predicted octanol–water partition coefficient (Wildman–Crippen LogP) is 0.980. The number of para-hydroxylation sites is 1. The Labute approximate surface area is 177 Å². The fourth-order valence-corrected chi connectivity index (χ4v) is 5.30. The van der Waals surface area contributed by atoms with Crippen LogP contribution in [0.1, 0.15) is 12.1 Å². The third-order valence-corrected chi connectivity index (χ3v) is 7.17. The molecule has 1 aliphatic carbocycles. The first-order chi connectivity index (χ1) is 14.2. The second-order valence-corrected chi connectivity index (χ2v) is 10.4. The van der Waals surface area contributed by atoms with E-state index in [4.69, 9.17) is 0 Å².